The number of anilines is 4. The second-order valence-electron chi connectivity index (χ2n) is 8.63. The van der Waals surface area contributed by atoms with Gasteiger partial charge in [0.15, 0.2) is 0 Å². The molecule has 1 aliphatic rings. The number of carbonyl (C=O) groups is 1. The number of hydrogen-bond donors (Lipinski definition) is 3. The molecule has 3 N–H and O–H groups in total. The van der Waals surface area contributed by atoms with Gasteiger partial charge in [0.2, 0.25) is 11.9 Å². The van der Waals surface area contributed by atoms with Crippen LogP contribution in [-0.4, -0.2) is 54.7 Å². The van der Waals surface area contributed by atoms with E-state index in [-0.39, 0.29) is 5.91 Å². The first kappa shape index (κ1) is 25.0. The van der Waals surface area contributed by atoms with Crippen molar-refractivity contribution in [1.82, 2.24) is 19.9 Å². The molecule has 0 unspecified atom stereocenters. The summed E-state index contributed by atoms with van der Waals surface area (Å²) < 4.78 is 7.86. The molecule has 0 radical (unpaired) electrons. The average Bonchev–Trinajstić information content (AvgIpc) is 3.24. The minimum absolute atomic E-state index is 0.297. The van der Waals surface area contributed by atoms with Gasteiger partial charge in [-0.2, -0.15) is 0 Å². The third kappa shape index (κ3) is 5.26. The van der Waals surface area contributed by atoms with E-state index in [1.54, 1.807) is 13.3 Å². The van der Waals surface area contributed by atoms with Crippen LogP contribution in [0.1, 0.15) is 17.7 Å². The molecule has 3 aromatic rings. The summed E-state index contributed by atoms with van der Waals surface area (Å²) in [6, 6.07) is 5.63. The third-order valence-corrected chi connectivity index (χ3v) is 6.23. The fourth-order valence-electron chi connectivity index (χ4n) is 4.33. The number of aryl methyl sites for hydroxylation is 1. The molecule has 2 heterocycles. The zero-order chi connectivity index (χ0) is 25.7. The maximum atomic E-state index is 12.2. The summed E-state index contributed by atoms with van der Waals surface area (Å²) in [6.07, 6.45) is 11.5. The Morgan fingerprint density at radius 1 is 1.33 bits per heavy atom. The van der Waals surface area contributed by atoms with Gasteiger partial charge < -0.3 is 30.2 Å². The lowest BCUT2D eigenvalue weighted by molar-refractivity contribution is -0.111. The average molecular weight is 488 g/mol. The number of allylic oxidation sites excluding steroid dienone is 1. The third-order valence-electron chi connectivity index (χ3n) is 6.23. The number of nitrogens with zero attached hydrogens (tertiary/aromatic N) is 4. The normalized spacial score (nSPS) is 12.1. The molecule has 1 aromatic carbocycles. The van der Waals surface area contributed by atoms with E-state index in [9.17, 15) is 4.79 Å². The molecular formula is C27H33N7O2. The van der Waals surface area contributed by atoms with Crippen LogP contribution in [0.3, 0.4) is 0 Å². The molecule has 188 valence electrons. The number of methoxy groups -OCH3 is 1. The van der Waals surface area contributed by atoms with Crippen LogP contribution in [0, 0.1) is 0 Å². The predicted molar refractivity (Wildman–Crippen MR) is 146 cm³/mol. The molecule has 36 heavy (non-hydrogen) atoms. The van der Waals surface area contributed by atoms with Gasteiger partial charge in [0.05, 0.1) is 29.9 Å². The summed E-state index contributed by atoms with van der Waals surface area (Å²) in [6.45, 7) is 5.10. The van der Waals surface area contributed by atoms with Crippen LogP contribution in [0.25, 0.3) is 17.3 Å². The van der Waals surface area contributed by atoms with Crippen molar-refractivity contribution in [1.29, 1.82) is 0 Å². The number of aromatic nitrogens is 3. The lowest BCUT2D eigenvalue weighted by atomic mass is 10.0. The fourth-order valence-corrected chi connectivity index (χ4v) is 4.33. The molecule has 1 aliphatic carbocycles. The molecule has 0 aliphatic heterocycles. The van der Waals surface area contributed by atoms with Crippen molar-refractivity contribution in [2.75, 3.05) is 49.8 Å². The fraction of sp³-hybridized carbons (Fsp3) is 0.296. The van der Waals surface area contributed by atoms with Gasteiger partial charge in [-0.1, -0.05) is 18.7 Å². The first-order chi connectivity index (χ1) is 17.4. The predicted octanol–water partition coefficient (Wildman–Crippen LogP) is 3.97. The van der Waals surface area contributed by atoms with Crippen LogP contribution >= 0.6 is 0 Å². The zero-order valence-electron chi connectivity index (χ0n) is 21.3. The van der Waals surface area contributed by atoms with Crippen molar-refractivity contribution in [2.24, 2.45) is 7.05 Å². The highest BCUT2D eigenvalue weighted by molar-refractivity contribution is 6.02. The lowest BCUT2D eigenvalue weighted by Gasteiger charge is -2.24. The maximum absolute atomic E-state index is 12.2. The van der Waals surface area contributed by atoms with Gasteiger partial charge in [-0.3, -0.25) is 4.79 Å². The van der Waals surface area contributed by atoms with Crippen molar-refractivity contribution in [2.45, 2.75) is 12.8 Å². The number of ether oxygens (including phenoxy) is 1. The van der Waals surface area contributed by atoms with Gasteiger partial charge in [0, 0.05) is 62.5 Å². The molecule has 0 saturated carbocycles. The molecule has 9 nitrogen and oxygen atoms in total. The SMILES string of the molecule is C=CC(=O)Nc1cc(Nc2nccc(-c3cn(C)c4c3C=CCC4)n2)c(OC)cc1N(C)CCNC. The van der Waals surface area contributed by atoms with Crippen LogP contribution in [0.15, 0.2) is 49.3 Å². The summed E-state index contributed by atoms with van der Waals surface area (Å²) in [5.74, 6) is 0.738. The molecule has 0 saturated heterocycles. The van der Waals surface area contributed by atoms with E-state index in [4.69, 9.17) is 9.72 Å². The first-order valence-corrected chi connectivity index (χ1v) is 11.9. The Morgan fingerprint density at radius 2 is 2.17 bits per heavy atom. The van der Waals surface area contributed by atoms with Crippen LogP contribution < -0.4 is 25.6 Å². The Hall–Kier alpha value is -4.11. The number of nitrogens with one attached hydrogen (secondary N) is 3. The van der Waals surface area contributed by atoms with Gasteiger partial charge in [0.25, 0.3) is 0 Å². The summed E-state index contributed by atoms with van der Waals surface area (Å²) in [7, 11) is 7.54. The van der Waals surface area contributed by atoms with Crippen molar-refractivity contribution < 1.29 is 9.53 Å². The number of amides is 1. The van der Waals surface area contributed by atoms with Gasteiger partial charge >= 0.3 is 0 Å². The molecule has 0 bridgehead atoms. The van der Waals surface area contributed by atoms with E-state index in [1.165, 1.54) is 17.3 Å². The molecule has 0 atom stereocenters. The smallest absolute Gasteiger partial charge is 0.247 e. The Bertz CT molecular complexity index is 1300. The number of fused-ring (bicyclic) bond motifs is 1. The molecular weight excluding hydrogens is 454 g/mol. The van der Waals surface area contributed by atoms with Crippen LogP contribution in [0.4, 0.5) is 23.0 Å². The van der Waals surface area contributed by atoms with Gasteiger partial charge in [-0.05, 0) is 38.1 Å². The Kier molecular flexibility index (Phi) is 7.70. The monoisotopic (exact) mass is 487 g/mol. The van der Waals surface area contributed by atoms with Gasteiger partial charge in [-0.15, -0.1) is 0 Å². The highest BCUT2D eigenvalue weighted by Gasteiger charge is 2.19. The second-order valence-corrected chi connectivity index (χ2v) is 8.63. The van der Waals surface area contributed by atoms with Crippen molar-refractivity contribution in [3.63, 3.8) is 0 Å². The summed E-state index contributed by atoms with van der Waals surface area (Å²) in [5.41, 5.74) is 6.49. The molecule has 2 aromatic heterocycles. The number of likely N-dealkylation sites (N-methyl/N-ethyl adjacent to an activating group) is 2. The van der Waals surface area contributed by atoms with Gasteiger partial charge in [0.1, 0.15) is 5.75 Å². The summed E-state index contributed by atoms with van der Waals surface area (Å²) in [4.78, 5) is 23.4. The molecule has 0 spiro atoms. The van der Waals surface area contributed by atoms with Crippen molar-refractivity contribution >= 4 is 35.0 Å². The first-order valence-electron chi connectivity index (χ1n) is 11.9. The van der Waals surface area contributed by atoms with Crippen molar-refractivity contribution in [3.05, 3.63) is 60.6 Å². The highest BCUT2D eigenvalue weighted by atomic mass is 16.5. The number of hydrogen-bond acceptors (Lipinski definition) is 7. The summed E-state index contributed by atoms with van der Waals surface area (Å²) >= 11 is 0. The summed E-state index contributed by atoms with van der Waals surface area (Å²) in [5, 5.41) is 9.33. The molecule has 0 fully saturated rings. The van der Waals surface area contributed by atoms with E-state index in [0.29, 0.717) is 23.1 Å². The molecule has 4 rings (SSSR count). The Balaban J connectivity index is 1.70. The minimum atomic E-state index is -0.297. The van der Waals surface area contributed by atoms with Crippen LogP contribution in [-0.2, 0) is 18.3 Å². The van der Waals surface area contributed by atoms with Crippen LogP contribution in [0.5, 0.6) is 5.75 Å². The minimum Gasteiger partial charge on any atom is -0.494 e. The van der Waals surface area contributed by atoms with E-state index in [0.717, 1.165) is 42.9 Å². The van der Waals surface area contributed by atoms with E-state index < -0.39 is 0 Å². The number of carbonyl (C=O) groups excluding carboxylic acids is 1. The Labute approximate surface area is 211 Å². The van der Waals surface area contributed by atoms with Crippen LogP contribution in [0.2, 0.25) is 0 Å². The zero-order valence-corrected chi connectivity index (χ0v) is 21.3. The van der Waals surface area contributed by atoms with Gasteiger partial charge in [-0.25, -0.2) is 9.97 Å². The van der Waals surface area contributed by atoms with E-state index >= 15 is 0 Å². The largest absolute Gasteiger partial charge is 0.494 e. The quantitative estimate of drug-likeness (QED) is 0.372. The standard InChI is InChI=1S/C27H33N7O2/c1-6-26(35)30-21-15-22(25(36-5)16-24(21)33(3)14-13-28-2)32-27-29-12-11-20(31-27)19-17-34(4)23-10-8-7-9-18(19)23/h6-7,9,11-12,15-17,28H,1,8,10,13-14H2,2-5H3,(H,30,35)(H,29,31,32). The maximum Gasteiger partial charge on any atom is 0.247 e. The number of rotatable bonds is 10. The highest BCUT2D eigenvalue weighted by Crippen LogP contribution is 2.38. The Morgan fingerprint density at radius 3 is 2.92 bits per heavy atom. The van der Waals surface area contributed by atoms with E-state index in [1.807, 2.05) is 37.2 Å². The van der Waals surface area contributed by atoms with E-state index in [2.05, 4.69) is 57.5 Å². The molecule has 1 amide bonds. The van der Waals surface area contributed by atoms with Crippen molar-refractivity contribution in [3.8, 4) is 17.0 Å². The topological polar surface area (TPSA) is 96.3 Å². The lowest BCUT2D eigenvalue weighted by Crippen LogP contribution is -2.28. The number of benzene rings is 1. The second kappa shape index (κ2) is 11.1. The molecule has 9 heteroatoms.